The molecule has 1 N–H and O–H groups in total. The smallest absolute Gasteiger partial charge is 0.253 e. The highest BCUT2D eigenvalue weighted by Crippen LogP contribution is 2.24. The number of anilines is 2. The van der Waals surface area contributed by atoms with E-state index in [1.54, 1.807) is 6.07 Å². The van der Waals surface area contributed by atoms with Crippen molar-refractivity contribution in [2.45, 2.75) is 32.7 Å². The van der Waals surface area contributed by atoms with E-state index in [0.717, 1.165) is 52.1 Å². The van der Waals surface area contributed by atoms with E-state index in [1.165, 1.54) is 18.2 Å². The van der Waals surface area contributed by atoms with Gasteiger partial charge in [0.15, 0.2) is 0 Å². The molecule has 164 valence electrons. The molecule has 2 amide bonds. The van der Waals surface area contributed by atoms with Crippen LogP contribution in [-0.4, -0.2) is 66.9 Å². The van der Waals surface area contributed by atoms with Gasteiger partial charge in [-0.2, -0.15) is 0 Å². The van der Waals surface area contributed by atoms with Crippen molar-refractivity contribution in [3.05, 3.63) is 59.7 Å². The summed E-state index contributed by atoms with van der Waals surface area (Å²) in [5.74, 6) is -0.0806. The highest BCUT2D eigenvalue weighted by molar-refractivity contribution is 5.96. The normalized spacial score (nSPS) is 19.9. The van der Waals surface area contributed by atoms with Gasteiger partial charge in [-0.15, -0.1) is 0 Å². The number of piperidine rings is 1. The van der Waals surface area contributed by atoms with E-state index in [4.69, 9.17) is 0 Å². The molecule has 2 aromatic rings. The molecular formula is C25H32N4O2. The van der Waals surface area contributed by atoms with Crippen LogP contribution in [0.3, 0.4) is 0 Å². The number of para-hydroxylation sites is 1. The van der Waals surface area contributed by atoms with Crippen molar-refractivity contribution in [3.8, 4) is 0 Å². The maximum Gasteiger partial charge on any atom is 0.253 e. The van der Waals surface area contributed by atoms with Crippen molar-refractivity contribution in [3.63, 3.8) is 0 Å². The molecule has 4 rings (SSSR count). The summed E-state index contributed by atoms with van der Waals surface area (Å²) >= 11 is 0. The zero-order valence-electron chi connectivity index (χ0n) is 18.5. The van der Waals surface area contributed by atoms with Crippen molar-refractivity contribution in [1.29, 1.82) is 0 Å². The molecule has 2 aliphatic heterocycles. The zero-order chi connectivity index (χ0) is 21.8. The van der Waals surface area contributed by atoms with Crippen LogP contribution in [0.5, 0.6) is 0 Å². The van der Waals surface area contributed by atoms with Gasteiger partial charge in [0.05, 0.1) is 0 Å². The van der Waals surface area contributed by atoms with Crippen LogP contribution < -0.4 is 10.2 Å². The Bertz CT molecular complexity index is 937. The molecular weight excluding hydrogens is 388 g/mol. The number of nitrogens with zero attached hydrogens (tertiary/aromatic N) is 3. The molecule has 0 radical (unpaired) electrons. The van der Waals surface area contributed by atoms with Crippen LogP contribution in [0.25, 0.3) is 0 Å². The number of carbonyl (C=O) groups excluding carboxylic acids is 2. The number of rotatable bonds is 4. The molecule has 0 aromatic heterocycles. The minimum absolute atomic E-state index is 0.0513. The quantitative estimate of drug-likeness (QED) is 0.824. The maximum absolute atomic E-state index is 13.1. The Kier molecular flexibility index (Phi) is 6.56. The van der Waals surface area contributed by atoms with E-state index in [9.17, 15) is 9.59 Å². The molecule has 31 heavy (non-hydrogen) atoms. The standard InChI is InChI=1S/C25H32N4O2/c1-19-7-3-4-11-24(19)28-15-13-27(14-16-28)23-10-6-12-29(18-23)25(31)21-8-5-9-22(17-21)26-20(2)30/h3-5,7-9,11,17,23H,6,10,12-16,18H2,1-2H3,(H,26,30). The number of aryl methyl sites for hydroxylation is 1. The van der Waals surface area contributed by atoms with Crippen LogP contribution in [-0.2, 0) is 4.79 Å². The van der Waals surface area contributed by atoms with Crippen molar-refractivity contribution < 1.29 is 9.59 Å². The first kappa shape index (κ1) is 21.4. The molecule has 0 aliphatic carbocycles. The van der Waals surface area contributed by atoms with Gasteiger partial charge >= 0.3 is 0 Å². The number of amides is 2. The number of hydrogen-bond acceptors (Lipinski definition) is 4. The summed E-state index contributed by atoms with van der Waals surface area (Å²) in [5.41, 5.74) is 3.96. The molecule has 2 aromatic carbocycles. The number of nitrogens with one attached hydrogen (secondary N) is 1. The molecule has 0 bridgehead atoms. The Morgan fingerprint density at radius 3 is 2.48 bits per heavy atom. The van der Waals surface area contributed by atoms with Gasteiger partial charge in [-0.05, 0) is 49.6 Å². The first-order valence-electron chi connectivity index (χ1n) is 11.2. The van der Waals surface area contributed by atoms with Crippen molar-refractivity contribution in [1.82, 2.24) is 9.80 Å². The van der Waals surface area contributed by atoms with Gasteiger partial charge in [0, 0.05) is 69.2 Å². The van der Waals surface area contributed by atoms with Crippen molar-refractivity contribution in [2.24, 2.45) is 0 Å². The number of likely N-dealkylation sites (tertiary alicyclic amines) is 1. The van der Waals surface area contributed by atoms with E-state index < -0.39 is 0 Å². The predicted molar refractivity (Wildman–Crippen MR) is 125 cm³/mol. The second kappa shape index (κ2) is 9.52. The monoisotopic (exact) mass is 420 g/mol. The number of hydrogen-bond donors (Lipinski definition) is 1. The lowest BCUT2D eigenvalue weighted by atomic mass is 10.0. The third-order valence-corrected chi connectivity index (χ3v) is 6.40. The summed E-state index contributed by atoms with van der Waals surface area (Å²) < 4.78 is 0. The number of carbonyl (C=O) groups is 2. The average Bonchev–Trinajstić information content (AvgIpc) is 2.79. The van der Waals surface area contributed by atoms with Gasteiger partial charge in [0.1, 0.15) is 0 Å². The Hall–Kier alpha value is -2.86. The molecule has 6 heteroatoms. The van der Waals surface area contributed by atoms with E-state index in [0.29, 0.717) is 17.3 Å². The van der Waals surface area contributed by atoms with Crippen molar-refractivity contribution in [2.75, 3.05) is 49.5 Å². The van der Waals surface area contributed by atoms with Gasteiger partial charge in [0.25, 0.3) is 5.91 Å². The van der Waals surface area contributed by atoms with Gasteiger partial charge < -0.3 is 15.1 Å². The lowest BCUT2D eigenvalue weighted by molar-refractivity contribution is -0.114. The molecule has 1 unspecified atom stereocenters. The minimum Gasteiger partial charge on any atom is -0.369 e. The van der Waals surface area contributed by atoms with Gasteiger partial charge in [-0.3, -0.25) is 14.5 Å². The molecule has 0 spiro atoms. The van der Waals surface area contributed by atoms with Crippen LogP contribution in [0.15, 0.2) is 48.5 Å². The Morgan fingerprint density at radius 1 is 0.968 bits per heavy atom. The second-order valence-electron chi connectivity index (χ2n) is 8.62. The highest BCUT2D eigenvalue weighted by atomic mass is 16.2. The first-order valence-corrected chi connectivity index (χ1v) is 11.2. The highest BCUT2D eigenvalue weighted by Gasteiger charge is 2.30. The lowest BCUT2D eigenvalue weighted by Crippen LogP contribution is -2.56. The Balaban J connectivity index is 1.36. The van der Waals surface area contributed by atoms with Gasteiger partial charge in [-0.1, -0.05) is 24.3 Å². The minimum atomic E-state index is -0.132. The summed E-state index contributed by atoms with van der Waals surface area (Å²) in [4.78, 5) is 31.5. The zero-order valence-corrected chi connectivity index (χ0v) is 18.5. The third-order valence-electron chi connectivity index (χ3n) is 6.40. The van der Waals surface area contributed by atoms with Crippen LogP contribution in [0, 0.1) is 6.92 Å². The largest absolute Gasteiger partial charge is 0.369 e. The summed E-state index contributed by atoms with van der Waals surface area (Å²) in [6.07, 6.45) is 2.17. The fourth-order valence-corrected chi connectivity index (χ4v) is 4.80. The van der Waals surface area contributed by atoms with E-state index in [-0.39, 0.29) is 11.8 Å². The van der Waals surface area contributed by atoms with Crippen LogP contribution in [0.4, 0.5) is 11.4 Å². The van der Waals surface area contributed by atoms with Crippen molar-refractivity contribution >= 4 is 23.2 Å². The van der Waals surface area contributed by atoms with Crippen LogP contribution in [0.2, 0.25) is 0 Å². The van der Waals surface area contributed by atoms with Crippen LogP contribution in [0.1, 0.15) is 35.7 Å². The fourth-order valence-electron chi connectivity index (χ4n) is 4.80. The molecule has 2 aliphatic rings. The van der Waals surface area contributed by atoms with E-state index in [2.05, 4.69) is 46.3 Å². The lowest BCUT2D eigenvalue weighted by Gasteiger charge is -2.44. The van der Waals surface area contributed by atoms with Crippen LogP contribution >= 0.6 is 0 Å². The molecule has 0 saturated carbocycles. The molecule has 1 atom stereocenters. The number of piperazine rings is 1. The SMILES string of the molecule is CC(=O)Nc1cccc(C(=O)N2CCCC(N3CCN(c4ccccc4C)CC3)C2)c1. The molecule has 6 nitrogen and oxygen atoms in total. The third kappa shape index (κ3) is 5.07. The summed E-state index contributed by atoms with van der Waals surface area (Å²) in [7, 11) is 0. The average molecular weight is 421 g/mol. The Morgan fingerprint density at radius 2 is 1.74 bits per heavy atom. The van der Waals surface area contributed by atoms with E-state index in [1.807, 2.05) is 23.1 Å². The molecule has 2 saturated heterocycles. The summed E-state index contributed by atoms with van der Waals surface area (Å²) in [6.45, 7) is 9.31. The number of benzene rings is 2. The molecule has 2 heterocycles. The summed E-state index contributed by atoms with van der Waals surface area (Å²) in [5, 5.41) is 2.76. The van der Waals surface area contributed by atoms with E-state index >= 15 is 0 Å². The second-order valence-corrected chi connectivity index (χ2v) is 8.62. The molecule has 2 fully saturated rings. The topological polar surface area (TPSA) is 55.9 Å². The van der Waals surface area contributed by atoms with Gasteiger partial charge in [0.2, 0.25) is 5.91 Å². The Labute approximate surface area is 184 Å². The first-order chi connectivity index (χ1) is 15.0. The maximum atomic E-state index is 13.1. The fraction of sp³-hybridized carbons (Fsp3) is 0.440. The summed E-state index contributed by atoms with van der Waals surface area (Å²) in [6, 6.07) is 16.2. The van der Waals surface area contributed by atoms with Gasteiger partial charge in [-0.25, -0.2) is 0 Å². The predicted octanol–water partition coefficient (Wildman–Crippen LogP) is 3.38.